The monoisotopic (exact) mass is 289 g/mol. The molecule has 1 heterocycles. The molecular weight excluding hydrogens is 269 g/mol. The normalized spacial score (nSPS) is 21.8. The fourth-order valence-corrected chi connectivity index (χ4v) is 2.79. The lowest BCUT2D eigenvalue weighted by Gasteiger charge is -2.15. The lowest BCUT2D eigenvalue weighted by molar-refractivity contribution is 0.148. The molecule has 21 heavy (non-hydrogen) atoms. The standard InChI is InChI=1S/C16H20FN3O/c17-14-6-4-12(5-7-14)10-20-11-13(9-19-20)8-18-15-2-1-3-16(15)21/h4-7,9,11,15-16,18,21H,1-3,8,10H2/t15-,16-/m1/s1. The SMILES string of the molecule is O[C@@H]1CCC[C@H]1NCc1cnn(Cc2ccc(F)cc2)c1. The van der Waals surface area contributed by atoms with Crippen molar-refractivity contribution in [2.45, 2.75) is 44.5 Å². The van der Waals surface area contributed by atoms with Gasteiger partial charge in [-0.3, -0.25) is 4.68 Å². The van der Waals surface area contributed by atoms with Crippen LogP contribution in [-0.2, 0) is 13.1 Å². The highest BCUT2D eigenvalue weighted by Crippen LogP contribution is 2.19. The summed E-state index contributed by atoms with van der Waals surface area (Å²) in [5, 5.41) is 17.5. The average Bonchev–Trinajstić information content (AvgIpc) is 3.08. The Morgan fingerprint density at radius 1 is 1.24 bits per heavy atom. The molecule has 0 radical (unpaired) electrons. The Kier molecular flexibility index (Phi) is 4.31. The predicted octanol–water partition coefficient (Wildman–Crippen LogP) is 2.07. The highest BCUT2D eigenvalue weighted by atomic mass is 19.1. The van der Waals surface area contributed by atoms with Crippen molar-refractivity contribution in [2.75, 3.05) is 0 Å². The number of hydrogen-bond donors (Lipinski definition) is 2. The molecular formula is C16H20FN3O. The number of nitrogens with zero attached hydrogens (tertiary/aromatic N) is 2. The third-order valence-electron chi connectivity index (χ3n) is 3.99. The number of rotatable bonds is 5. The van der Waals surface area contributed by atoms with Crippen LogP contribution in [0, 0.1) is 5.82 Å². The smallest absolute Gasteiger partial charge is 0.123 e. The Hall–Kier alpha value is -1.72. The fourth-order valence-electron chi connectivity index (χ4n) is 2.79. The summed E-state index contributed by atoms with van der Waals surface area (Å²) >= 11 is 0. The second-order valence-electron chi connectivity index (χ2n) is 5.66. The van der Waals surface area contributed by atoms with Gasteiger partial charge in [-0.2, -0.15) is 5.10 Å². The topological polar surface area (TPSA) is 50.1 Å². The fraction of sp³-hybridized carbons (Fsp3) is 0.438. The molecule has 1 aliphatic rings. The van der Waals surface area contributed by atoms with E-state index in [4.69, 9.17) is 0 Å². The second-order valence-corrected chi connectivity index (χ2v) is 5.66. The van der Waals surface area contributed by atoms with Gasteiger partial charge in [0.05, 0.1) is 18.8 Å². The predicted molar refractivity (Wildman–Crippen MR) is 78.2 cm³/mol. The molecule has 112 valence electrons. The van der Waals surface area contributed by atoms with E-state index in [9.17, 15) is 9.50 Å². The minimum atomic E-state index is -0.223. The van der Waals surface area contributed by atoms with Gasteiger partial charge in [0.25, 0.3) is 0 Å². The minimum absolute atomic E-state index is 0.199. The van der Waals surface area contributed by atoms with Gasteiger partial charge < -0.3 is 10.4 Å². The molecule has 1 fully saturated rings. The van der Waals surface area contributed by atoms with Gasteiger partial charge in [-0.25, -0.2) is 4.39 Å². The molecule has 2 atom stereocenters. The Bertz CT molecular complexity index is 581. The van der Waals surface area contributed by atoms with E-state index >= 15 is 0 Å². The van der Waals surface area contributed by atoms with E-state index < -0.39 is 0 Å². The van der Waals surface area contributed by atoms with Crippen molar-refractivity contribution in [3.05, 3.63) is 53.6 Å². The average molecular weight is 289 g/mol. The molecule has 0 bridgehead atoms. The molecule has 1 aromatic carbocycles. The molecule has 1 aliphatic carbocycles. The van der Waals surface area contributed by atoms with E-state index in [-0.39, 0.29) is 18.0 Å². The summed E-state index contributed by atoms with van der Waals surface area (Å²) in [6.07, 6.45) is 6.60. The summed E-state index contributed by atoms with van der Waals surface area (Å²) in [5.41, 5.74) is 2.11. The van der Waals surface area contributed by atoms with Crippen LogP contribution in [0.25, 0.3) is 0 Å². The Balaban J connectivity index is 1.54. The molecule has 0 saturated heterocycles. The molecule has 4 nitrogen and oxygen atoms in total. The number of aromatic nitrogens is 2. The summed E-state index contributed by atoms with van der Waals surface area (Å²) in [4.78, 5) is 0. The molecule has 0 amide bonds. The van der Waals surface area contributed by atoms with E-state index in [2.05, 4.69) is 10.4 Å². The molecule has 0 aliphatic heterocycles. The largest absolute Gasteiger partial charge is 0.392 e. The van der Waals surface area contributed by atoms with Gasteiger partial charge >= 0.3 is 0 Å². The van der Waals surface area contributed by atoms with Crippen molar-refractivity contribution in [2.24, 2.45) is 0 Å². The summed E-state index contributed by atoms with van der Waals surface area (Å²) in [6, 6.07) is 6.66. The van der Waals surface area contributed by atoms with Crippen molar-refractivity contribution in [1.29, 1.82) is 0 Å². The third kappa shape index (κ3) is 3.68. The first-order valence-electron chi connectivity index (χ1n) is 7.38. The van der Waals surface area contributed by atoms with Crippen LogP contribution >= 0.6 is 0 Å². The first-order chi connectivity index (χ1) is 10.2. The van der Waals surface area contributed by atoms with E-state index in [1.807, 2.05) is 17.1 Å². The van der Waals surface area contributed by atoms with Crippen LogP contribution in [0.5, 0.6) is 0 Å². The minimum Gasteiger partial charge on any atom is -0.392 e. The van der Waals surface area contributed by atoms with Gasteiger partial charge in [-0.15, -0.1) is 0 Å². The van der Waals surface area contributed by atoms with E-state index in [1.165, 1.54) is 12.1 Å². The highest BCUT2D eigenvalue weighted by molar-refractivity contribution is 5.16. The zero-order chi connectivity index (χ0) is 14.7. The number of aliphatic hydroxyl groups is 1. The molecule has 0 unspecified atom stereocenters. The van der Waals surface area contributed by atoms with Crippen molar-refractivity contribution in [3.63, 3.8) is 0 Å². The van der Waals surface area contributed by atoms with Crippen LogP contribution in [0.4, 0.5) is 4.39 Å². The third-order valence-corrected chi connectivity index (χ3v) is 3.99. The van der Waals surface area contributed by atoms with Crippen molar-refractivity contribution in [3.8, 4) is 0 Å². The summed E-state index contributed by atoms with van der Waals surface area (Å²) in [6.45, 7) is 1.34. The van der Waals surface area contributed by atoms with Crippen LogP contribution in [0.3, 0.4) is 0 Å². The lowest BCUT2D eigenvalue weighted by Crippen LogP contribution is -2.34. The maximum Gasteiger partial charge on any atom is 0.123 e. The number of aliphatic hydroxyl groups excluding tert-OH is 1. The van der Waals surface area contributed by atoms with Crippen molar-refractivity contribution >= 4 is 0 Å². The zero-order valence-electron chi connectivity index (χ0n) is 11.9. The van der Waals surface area contributed by atoms with Crippen LogP contribution in [0.1, 0.15) is 30.4 Å². The van der Waals surface area contributed by atoms with Crippen molar-refractivity contribution in [1.82, 2.24) is 15.1 Å². The first-order valence-corrected chi connectivity index (χ1v) is 7.38. The molecule has 1 saturated carbocycles. The lowest BCUT2D eigenvalue weighted by atomic mass is 10.2. The molecule has 2 N–H and O–H groups in total. The Morgan fingerprint density at radius 2 is 2.05 bits per heavy atom. The number of nitrogens with one attached hydrogen (secondary N) is 1. The number of benzene rings is 1. The van der Waals surface area contributed by atoms with E-state index in [0.29, 0.717) is 13.1 Å². The molecule has 0 spiro atoms. The van der Waals surface area contributed by atoms with Gasteiger partial charge in [0.15, 0.2) is 0 Å². The van der Waals surface area contributed by atoms with Gasteiger partial charge in [0.2, 0.25) is 0 Å². The molecule has 1 aromatic heterocycles. The van der Waals surface area contributed by atoms with Gasteiger partial charge in [0, 0.05) is 24.3 Å². The van der Waals surface area contributed by atoms with Crippen LogP contribution in [-0.4, -0.2) is 27.0 Å². The summed E-state index contributed by atoms with van der Waals surface area (Å²) in [7, 11) is 0. The molecule has 3 rings (SSSR count). The van der Waals surface area contributed by atoms with Crippen LogP contribution in [0.15, 0.2) is 36.7 Å². The second kappa shape index (κ2) is 6.37. The Morgan fingerprint density at radius 3 is 2.76 bits per heavy atom. The first kappa shape index (κ1) is 14.2. The molecule has 2 aromatic rings. The zero-order valence-corrected chi connectivity index (χ0v) is 11.9. The maximum absolute atomic E-state index is 12.9. The van der Waals surface area contributed by atoms with Gasteiger partial charge in [-0.05, 0) is 37.0 Å². The van der Waals surface area contributed by atoms with Crippen LogP contribution < -0.4 is 5.32 Å². The van der Waals surface area contributed by atoms with Crippen molar-refractivity contribution < 1.29 is 9.50 Å². The van der Waals surface area contributed by atoms with Crippen LogP contribution in [0.2, 0.25) is 0 Å². The van der Waals surface area contributed by atoms with E-state index in [1.54, 1.807) is 12.1 Å². The number of halogens is 1. The van der Waals surface area contributed by atoms with Gasteiger partial charge in [0.1, 0.15) is 5.82 Å². The van der Waals surface area contributed by atoms with E-state index in [0.717, 1.165) is 30.4 Å². The Labute approximate surface area is 123 Å². The summed E-state index contributed by atoms with van der Waals surface area (Å²) in [5.74, 6) is -0.223. The summed E-state index contributed by atoms with van der Waals surface area (Å²) < 4.78 is 14.7. The quantitative estimate of drug-likeness (QED) is 0.886. The van der Waals surface area contributed by atoms with Gasteiger partial charge in [-0.1, -0.05) is 12.1 Å². The highest BCUT2D eigenvalue weighted by Gasteiger charge is 2.24. The number of hydrogen-bond acceptors (Lipinski definition) is 3. The molecule has 5 heteroatoms. The maximum atomic E-state index is 12.9.